The zero-order valence-corrected chi connectivity index (χ0v) is 14.9. The molecule has 0 bridgehead atoms. The number of rotatable bonds is 4. The molecule has 1 aromatic heterocycles. The molecule has 0 radical (unpaired) electrons. The maximum Gasteiger partial charge on any atom is 0.289 e. The number of amides is 2. The molecule has 0 spiro atoms. The highest BCUT2D eigenvalue weighted by molar-refractivity contribution is 8.14. The highest BCUT2D eigenvalue weighted by atomic mass is 35.5. The monoisotopic (exact) mass is 370 g/mol. The summed E-state index contributed by atoms with van der Waals surface area (Å²) < 4.78 is 2.16. The van der Waals surface area contributed by atoms with Gasteiger partial charge in [-0.2, -0.15) is 0 Å². The van der Waals surface area contributed by atoms with Crippen LogP contribution in [-0.2, 0) is 17.9 Å². The van der Waals surface area contributed by atoms with Crippen LogP contribution < -0.4 is 0 Å². The first-order valence-electron chi connectivity index (χ1n) is 7.90. The minimum absolute atomic E-state index is 0.118. The van der Waals surface area contributed by atoms with Gasteiger partial charge in [-0.1, -0.05) is 47.6 Å². The van der Waals surface area contributed by atoms with Crippen molar-refractivity contribution in [3.63, 3.8) is 0 Å². The number of hydrogen-bond donors (Lipinski definition) is 0. The third-order valence-corrected chi connectivity index (χ3v) is 5.45. The summed E-state index contributed by atoms with van der Waals surface area (Å²) in [5, 5.41) is 1.62. The van der Waals surface area contributed by atoms with Gasteiger partial charge in [0.1, 0.15) is 0 Å². The van der Waals surface area contributed by atoms with Crippen LogP contribution in [0.15, 0.2) is 54.7 Å². The summed E-state index contributed by atoms with van der Waals surface area (Å²) in [7, 11) is 0. The van der Waals surface area contributed by atoms with E-state index in [9.17, 15) is 9.59 Å². The zero-order valence-electron chi connectivity index (χ0n) is 13.3. The van der Waals surface area contributed by atoms with E-state index in [1.54, 1.807) is 0 Å². The molecule has 0 unspecified atom stereocenters. The van der Waals surface area contributed by atoms with Crippen molar-refractivity contribution in [3.05, 3.63) is 70.9 Å². The van der Waals surface area contributed by atoms with Gasteiger partial charge in [0.15, 0.2) is 0 Å². The van der Waals surface area contributed by atoms with E-state index in [1.807, 2.05) is 48.7 Å². The van der Waals surface area contributed by atoms with E-state index in [-0.39, 0.29) is 16.9 Å². The normalized spacial score (nSPS) is 14.7. The topological polar surface area (TPSA) is 42.3 Å². The number of imide groups is 1. The first kappa shape index (κ1) is 16.2. The third-order valence-electron chi connectivity index (χ3n) is 4.34. The number of nitrogens with zero attached hydrogens (tertiary/aromatic N) is 2. The van der Waals surface area contributed by atoms with Gasteiger partial charge in [0.05, 0.1) is 12.3 Å². The van der Waals surface area contributed by atoms with Crippen molar-refractivity contribution < 1.29 is 9.59 Å². The molecule has 0 aliphatic carbocycles. The van der Waals surface area contributed by atoms with Gasteiger partial charge in [-0.3, -0.25) is 14.5 Å². The molecule has 126 valence electrons. The van der Waals surface area contributed by atoms with Crippen LogP contribution in [0.5, 0.6) is 0 Å². The highest BCUT2D eigenvalue weighted by Crippen LogP contribution is 2.26. The maximum absolute atomic E-state index is 11.9. The average Bonchev–Trinajstić information content (AvgIpc) is 3.16. The lowest BCUT2D eigenvalue weighted by molar-refractivity contribution is -0.124. The lowest BCUT2D eigenvalue weighted by atomic mass is 10.1. The van der Waals surface area contributed by atoms with Gasteiger partial charge in [0.25, 0.3) is 5.24 Å². The molecule has 4 rings (SSSR count). The van der Waals surface area contributed by atoms with Crippen LogP contribution in [0.25, 0.3) is 10.9 Å². The molecule has 1 fully saturated rings. The van der Waals surface area contributed by atoms with Gasteiger partial charge in [0.2, 0.25) is 5.91 Å². The predicted octanol–water partition coefficient (Wildman–Crippen LogP) is 4.54. The SMILES string of the molecule is O=C1CSC(=O)N1Cc1cccc2c1ccn2Cc1ccc(Cl)cc1. The summed E-state index contributed by atoms with van der Waals surface area (Å²) in [5.41, 5.74) is 3.23. The highest BCUT2D eigenvalue weighted by Gasteiger charge is 2.30. The summed E-state index contributed by atoms with van der Waals surface area (Å²) in [6.45, 7) is 1.06. The van der Waals surface area contributed by atoms with Crippen molar-refractivity contribution in [3.8, 4) is 0 Å². The molecule has 25 heavy (non-hydrogen) atoms. The van der Waals surface area contributed by atoms with Crippen molar-refractivity contribution >= 4 is 45.4 Å². The molecule has 0 atom stereocenters. The number of aromatic nitrogens is 1. The summed E-state index contributed by atoms with van der Waals surface area (Å²) in [4.78, 5) is 25.0. The first-order valence-corrected chi connectivity index (χ1v) is 9.26. The van der Waals surface area contributed by atoms with E-state index >= 15 is 0 Å². The Morgan fingerprint density at radius 3 is 2.52 bits per heavy atom. The van der Waals surface area contributed by atoms with Crippen LogP contribution in [0.2, 0.25) is 5.02 Å². The van der Waals surface area contributed by atoms with Gasteiger partial charge >= 0.3 is 0 Å². The molecule has 2 amide bonds. The standard InChI is InChI=1S/C19H15ClN2O2S/c20-15-6-4-13(5-7-15)10-21-9-8-16-14(2-1-3-17(16)21)11-22-18(23)12-25-19(22)24/h1-9H,10-12H2. The van der Waals surface area contributed by atoms with Crippen LogP contribution in [0.4, 0.5) is 4.79 Å². The fourth-order valence-electron chi connectivity index (χ4n) is 3.05. The molecule has 4 nitrogen and oxygen atoms in total. The van der Waals surface area contributed by atoms with Crippen molar-refractivity contribution in [2.75, 3.05) is 5.75 Å². The van der Waals surface area contributed by atoms with Gasteiger partial charge in [-0.25, -0.2) is 0 Å². The molecule has 3 aromatic rings. The Hall–Kier alpha value is -2.24. The van der Waals surface area contributed by atoms with E-state index in [4.69, 9.17) is 11.6 Å². The van der Waals surface area contributed by atoms with Crippen LogP contribution >= 0.6 is 23.4 Å². The van der Waals surface area contributed by atoms with E-state index in [2.05, 4.69) is 10.6 Å². The van der Waals surface area contributed by atoms with Crippen LogP contribution in [-0.4, -0.2) is 26.4 Å². The Kier molecular flexibility index (Phi) is 4.27. The van der Waals surface area contributed by atoms with Gasteiger partial charge in [-0.15, -0.1) is 0 Å². The zero-order chi connectivity index (χ0) is 17.4. The maximum atomic E-state index is 11.9. The molecule has 6 heteroatoms. The Morgan fingerprint density at radius 1 is 1.00 bits per heavy atom. The quantitative estimate of drug-likeness (QED) is 0.677. The number of carbonyl (C=O) groups excluding carboxylic acids is 2. The Bertz CT molecular complexity index is 949. The summed E-state index contributed by atoms with van der Waals surface area (Å²) in [6, 6.07) is 15.8. The predicted molar refractivity (Wildman–Crippen MR) is 101 cm³/mol. The van der Waals surface area contributed by atoms with E-state index in [0.717, 1.165) is 45.4 Å². The van der Waals surface area contributed by atoms with Crippen LogP contribution in [0.1, 0.15) is 11.1 Å². The van der Waals surface area contributed by atoms with Crippen molar-refractivity contribution in [1.29, 1.82) is 0 Å². The molecular weight excluding hydrogens is 356 g/mol. The second-order valence-corrected chi connectivity index (χ2v) is 7.32. The summed E-state index contributed by atoms with van der Waals surface area (Å²) >= 11 is 7.01. The molecule has 1 aliphatic rings. The van der Waals surface area contributed by atoms with E-state index in [0.29, 0.717) is 6.54 Å². The third kappa shape index (κ3) is 3.17. The lowest BCUT2D eigenvalue weighted by Crippen LogP contribution is -2.27. The van der Waals surface area contributed by atoms with Crippen LogP contribution in [0.3, 0.4) is 0 Å². The molecule has 2 aromatic carbocycles. The Labute approximate surface area is 154 Å². The number of halogens is 1. The number of hydrogen-bond acceptors (Lipinski definition) is 3. The summed E-state index contributed by atoms with van der Waals surface area (Å²) in [6.07, 6.45) is 2.03. The first-order chi connectivity index (χ1) is 12.1. The van der Waals surface area contributed by atoms with Gasteiger partial charge in [0, 0.05) is 28.7 Å². The smallest absolute Gasteiger partial charge is 0.289 e. The fraction of sp³-hybridized carbons (Fsp3) is 0.158. The van der Waals surface area contributed by atoms with Gasteiger partial charge < -0.3 is 4.57 Å². The van der Waals surface area contributed by atoms with E-state index in [1.165, 1.54) is 4.90 Å². The minimum atomic E-state index is -0.164. The largest absolute Gasteiger partial charge is 0.343 e. The molecule has 1 saturated heterocycles. The van der Waals surface area contributed by atoms with E-state index < -0.39 is 0 Å². The second kappa shape index (κ2) is 6.58. The Morgan fingerprint density at radius 2 is 1.80 bits per heavy atom. The number of benzene rings is 2. The van der Waals surface area contributed by atoms with Crippen molar-refractivity contribution in [1.82, 2.24) is 9.47 Å². The fourth-order valence-corrected chi connectivity index (χ4v) is 3.90. The lowest BCUT2D eigenvalue weighted by Gasteiger charge is -2.14. The number of carbonyl (C=O) groups is 2. The molecular formula is C19H15ClN2O2S. The number of thioether (sulfide) groups is 1. The van der Waals surface area contributed by atoms with Crippen LogP contribution in [0, 0.1) is 0 Å². The molecule has 2 heterocycles. The average molecular weight is 371 g/mol. The molecule has 0 saturated carbocycles. The number of fused-ring (bicyclic) bond motifs is 1. The van der Waals surface area contributed by atoms with Gasteiger partial charge in [-0.05, 0) is 35.4 Å². The second-order valence-electron chi connectivity index (χ2n) is 5.95. The summed E-state index contributed by atoms with van der Waals surface area (Å²) in [5.74, 6) is 0.124. The Balaban J connectivity index is 1.64. The minimum Gasteiger partial charge on any atom is -0.343 e. The van der Waals surface area contributed by atoms with Crippen molar-refractivity contribution in [2.45, 2.75) is 13.1 Å². The van der Waals surface area contributed by atoms with Crippen molar-refractivity contribution in [2.24, 2.45) is 0 Å². The molecule has 0 N–H and O–H groups in total. The molecule has 1 aliphatic heterocycles.